The number of para-hydroxylation sites is 1. The summed E-state index contributed by atoms with van der Waals surface area (Å²) in [6.07, 6.45) is 6.95. The molecule has 2 aliphatic rings. The second kappa shape index (κ2) is 5.02. The van der Waals surface area contributed by atoms with E-state index < -0.39 is 0 Å². The van der Waals surface area contributed by atoms with Gasteiger partial charge in [0.25, 0.3) is 0 Å². The molecule has 1 heterocycles. The van der Waals surface area contributed by atoms with Gasteiger partial charge in [-0.15, -0.1) is 0 Å². The Balaban J connectivity index is 1.79. The lowest BCUT2D eigenvalue weighted by atomic mass is 9.75. The Morgan fingerprint density at radius 2 is 1.83 bits per heavy atom. The molecule has 0 N–H and O–H groups in total. The third-order valence-electron chi connectivity index (χ3n) is 4.66. The van der Waals surface area contributed by atoms with Crippen molar-refractivity contribution in [3.05, 3.63) is 29.8 Å². The Kier molecular flexibility index (Phi) is 3.23. The minimum atomic E-state index is 0.826. The van der Waals surface area contributed by atoms with Gasteiger partial charge in [-0.2, -0.15) is 5.26 Å². The van der Waals surface area contributed by atoms with Crippen LogP contribution in [0.1, 0.15) is 37.7 Å². The average Bonchev–Trinajstić information content (AvgIpc) is 2.46. The Hall–Kier alpha value is -1.49. The lowest BCUT2D eigenvalue weighted by molar-refractivity contribution is 0.202. The standard InChI is InChI=1S/C16H20N2/c17-11-14-6-3-4-8-16(14)18-10-9-13-5-1-2-7-15(13)12-18/h3-4,6,8,13,15H,1-2,5,7,9-10,12H2. The monoisotopic (exact) mass is 240 g/mol. The van der Waals surface area contributed by atoms with E-state index in [1.165, 1.54) is 32.1 Å². The number of anilines is 1. The lowest BCUT2D eigenvalue weighted by Gasteiger charge is -2.42. The molecule has 2 fully saturated rings. The van der Waals surface area contributed by atoms with Crippen LogP contribution in [0.5, 0.6) is 0 Å². The van der Waals surface area contributed by atoms with E-state index in [0.29, 0.717) is 0 Å². The summed E-state index contributed by atoms with van der Waals surface area (Å²) in [5, 5.41) is 9.20. The van der Waals surface area contributed by atoms with E-state index >= 15 is 0 Å². The molecule has 0 amide bonds. The third kappa shape index (κ3) is 2.10. The first kappa shape index (κ1) is 11.6. The highest BCUT2D eigenvalue weighted by molar-refractivity contribution is 5.59. The average molecular weight is 240 g/mol. The van der Waals surface area contributed by atoms with E-state index in [1.807, 2.05) is 18.2 Å². The predicted molar refractivity (Wildman–Crippen MR) is 73.4 cm³/mol. The van der Waals surface area contributed by atoms with Crippen LogP contribution < -0.4 is 4.90 Å². The molecule has 1 aromatic carbocycles. The van der Waals surface area contributed by atoms with Gasteiger partial charge in [0.1, 0.15) is 6.07 Å². The van der Waals surface area contributed by atoms with Crippen molar-refractivity contribution in [3.63, 3.8) is 0 Å². The Morgan fingerprint density at radius 1 is 1.06 bits per heavy atom. The lowest BCUT2D eigenvalue weighted by Crippen LogP contribution is -2.42. The van der Waals surface area contributed by atoms with E-state index in [1.54, 1.807) is 0 Å². The van der Waals surface area contributed by atoms with Gasteiger partial charge in [0.2, 0.25) is 0 Å². The molecule has 2 atom stereocenters. The first-order valence-corrected chi connectivity index (χ1v) is 7.12. The molecule has 0 aromatic heterocycles. The SMILES string of the molecule is N#Cc1ccccc1N1CCC2CCCCC2C1. The zero-order valence-corrected chi connectivity index (χ0v) is 10.8. The van der Waals surface area contributed by atoms with Crippen molar-refractivity contribution >= 4 is 5.69 Å². The molecule has 3 rings (SSSR count). The van der Waals surface area contributed by atoms with Crippen LogP contribution >= 0.6 is 0 Å². The van der Waals surface area contributed by atoms with Crippen LogP contribution in [0.2, 0.25) is 0 Å². The van der Waals surface area contributed by atoms with Crippen molar-refractivity contribution in [2.45, 2.75) is 32.1 Å². The first-order chi connectivity index (χ1) is 8.88. The van der Waals surface area contributed by atoms with Gasteiger partial charge in [0.05, 0.1) is 11.3 Å². The van der Waals surface area contributed by atoms with Crippen molar-refractivity contribution < 1.29 is 0 Å². The van der Waals surface area contributed by atoms with Crippen LogP contribution in [-0.4, -0.2) is 13.1 Å². The summed E-state index contributed by atoms with van der Waals surface area (Å²) in [6, 6.07) is 10.4. The summed E-state index contributed by atoms with van der Waals surface area (Å²) in [7, 11) is 0. The molecule has 2 unspecified atom stereocenters. The molecule has 2 nitrogen and oxygen atoms in total. The van der Waals surface area contributed by atoms with E-state index in [4.69, 9.17) is 0 Å². The number of hydrogen-bond donors (Lipinski definition) is 0. The second-order valence-corrected chi connectivity index (χ2v) is 5.67. The van der Waals surface area contributed by atoms with Gasteiger partial charge < -0.3 is 4.90 Å². The number of nitrogens with zero attached hydrogens (tertiary/aromatic N) is 2. The van der Waals surface area contributed by atoms with Crippen LogP contribution in [0.25, 0.3) is 0 Å². The number of benzene rings is 1. The summed E-state index contributed by atoms with van der Waals surface area (Å²) in [5.41, 5.74) is 1.97. The van der Waals surface area contributed by atoms with Gasteiger partial charge >= 0.3 is 0 Å². The fourth-order valence-corrected chi connectivity index (χ4v) is 3.66. The van der Waals surface area contributed by atoms with E-state index in [2.05, 4.69) is 17.0 Å². The normalized spacial score (nSPS) is 27.4. The molecular formula is C16H20N2. The molecule has 18 heavy (non-hydrogen) atoms. The fraction of sp³-hybridized carbons (Fsp3) is 0.562. The predicted octanol–water partition coefficient (Wildman–Crippen LogP) is 3.57. The Morgan fingerprint density at radius 3 is 2.67 bits per heavy atom. The quantitative estimate of drug-likeness (QED) is 0.750. The highest BCUT2D eigenvalue weighted by atomic mass is 15.1. The largest absolute Gasteiger partial charge is 0.370 e. The van der Waals surface area contributed by atoms with Crippen molar-refractivity contribution in [2.24, 2.45) is 11.8 Å². The number of fused-ring (bicyclic) bond motifs is 1. The van der Waals surface area contributed by atoms with Crippen molar-refractivity contribution in [2.75, 3.05) is 18.0 Å². The van der Waals surface area contributed by atoms with Crippen LogP contribution in [0.4, 0.5) is 5.69 Å². The number of rotatable bonds is 1. The highest BCUT2D eigenvalue weighted by Gasteiger charge is 2.31. The fourth-order valence-electron chi connectivity index (χ4n) is 3.66. The number of nitriles is 1. The van der Waals surface area contributed by atoms with Gasteiger partial charge in [0, 0.05) is 13.1 Å². The maximum Gasteiger partial charge on any atom is 0.101 e. The van der Waals surface area contributed by atoms with Gasteiger partial charge in [-0.3, -0.25) is 0 Å². The minimum absolute atomic E-state index is 0.826. The maximum absolute atomic E-state index is 9.20. The number of hydrogen-bond acceptors (Lipinski definition) is 2. The molecule has 1 saturated heterocycles. The molecule has 1 saturated carbocycles. The zero-order chi connectivity index (χ0) is 12.4. The summed E-state index contributed by atoms with van der Waals surface area (Å²) in [5.74, 6) is 1.81. The molecular weight excluding hydrogens is 220 g/mol. The first-order valence-electron chi connectivity index (χ1n) is 7.12. The van der Waals surface area contributed by atoms with E-state index in [9.17, 15) is 5.26 Å². The molecule has 2 heteroatoms. The summed E-state index contributed by atoms with van der Waals surface area (Å²) < 4.78 is 0. The van der Waals surface area contributed by atoms with E-state index in [-0.39, 0.29) is 0 Å². The zero-order valence-electron chi connectivity index (χ0n) is 10.8. The molecule has 0 bridgehead atoms. The topological polar surface area (TPSA) is 27.0 Å². The highest BCUT2D eigenvalue weighted by Crippen LogP contribution is 2.37. The van der Waals surface area contributed by atoms with Crippen molar-refractivity contribution in [1.82, 2.24) is 0 Å². The van der Waals surface area contributed by atoms with Gasteiger partial charge in [-0.25, -0.2) is 0 Å². The van der Waals surface area contributed by atoms with E-state index in [0.717, 1.165) is 36.2 Å². The molecule has 1 aliphatic heterocycles. The molecule has 94 valence electrons. The van der Waals surface area contributed by atoms with Crippen LogP contribution in [0.3, 0.4) is 0 Å². The molecule has 1 aliphatic carbocycles. The van der Waals surface area contributed by atoms with Gasteiger partial charge in [-0.05, 0) is 36.8 Å². The molecule has 1 aromatic rings. The summed E-state index contributed by atoms with van der Waals surface area (Å²) >= 11 is 0. The van der Waals surface area contributed by atoms with Crippen molar-refractivity contribution in [3.8, 4) is 6.07 Å². The molecule has 0 spiro atoms. The second-order valence-electron chi connectivity index (χ2n) is 5.67. The van der Waals surface area contributed by atoms with Crippen LogP contribution in [0.15, 0.2) is 24.3 Å². The maximum atomic E-state index is 9.20. The van der Waals surface area contributed by atoms with Crippen LogP contribution in [0, 0.1) is 23.2 Å². The van der Waals surface area contributed by atoms with Crippen LogP contribution in [-0.2, 0) is 0 Å². The molecule has 0 radical (unpaired) electrons. The summed E-state index contributed by atoms with van der Waals surface area (Å²) in [4.78, 5) is 2.44. The third-order valence-corrected chi connectivity index (χ3v) is 4.66. The summed E-state index contributed by atoms with van der Waals surface area (Å²) in [6.45, 7) is 2.28. The van der Waals surface area contributed by atoms with Gasteiger partial charge in [0.15, 0.2) is 0 Å². The van der Waals surface area contributed by atoms with Gasteiger partial charge in [-0.1, -0.05) is 31.4 Å². The minimum Gasteiger partial charge on any atom is -0.370 e. The van der Waals surface area contributed by atoms with Crippen molar-refractivity contribution in [1.29, 1.82) is 5.26 Å². The Labute approximate surface area is 109 Å². The smallest absolute Gasteiger partial charge is 0.101 e. The Bertz CT molecular complexity index is 460. The number of piperidine rings is 1.